The highest BCUT2D eigenvalue weighted by atomic mass is 16.5. The Morgan fingerprint density at radius 2 is 2.20 bits per heavy atom. The third kappa shape index (κ3) is 3.95. The summed E-state index contributed by atoms with van der Waals surface area (Å²) in [5, 5.41) is 6.45. The van der Waals surface area contributed by atoms with Gasteiger partial charge in [-0.15, -0.1) is 0 Å². The topological polar surface area (TPSA) is 70.7 Å². The maximum atomic E-state index is 12.6. The molecule has 2 aliphatic rings. The molecule has 0 aromatic heterocycles. The van der Waals surface area contributed by atoms with Crippen LogP contribution in [0.1, 0.15) is 26.7 Å². The van der Waals surface area contributed by atoms with Gasteiger partial charge in [0.25, 0.3) is 0 Å². The minimum Gasteiger partial charge on any atom is -0.492 e. The zero-order valence-corrected chi connectivity index (χ0v) is 15.0. The molecule has 2 amide bonds. The lowest BCUT2D eigenvalue weighted by molar-refractivity contribution is -0.127. The Kier molecular flexibility index (Phi) is 5.58. The second-order valence-corrected chi connectivity index (χ2v) is 6.89. The summed E-state index contributed by atoms with van der Waals surface area (Å²) in [4.78, 5) is 26.8. The molecule has 2 aliphatic heterocycles. The van der Waals surface area contributed by atoms with Crippen LogP contribution in [-0.4, -0.2) is 44.1 Å². The monoisotopic (exact) mass is 345 g/mol. The van der Waals surface area contributed by atoms with Gasteiger partial charge in [0.1, 0.15) is 5.75 Å². The van der Waals surface area contributed by atoms with Gasteiger partial charge >= 0.3 is 0 Å². The highest BCUT2D eigenvalue weighted by molar-refractivity contribution is 6.01. The number of rotatable bonds is 5. The highest BCUT2D eigenvalue weighted by Gasteiger charge is 2.37. The van der Waals surface area contributed by atoms with Crippen molar-refractivity contribution in [3.63, 3.8) is 0 Å². The molecule has 0 saturated carbocycles. The summed E-state index contributed by atoms with van der Waals surface area (Å²) < 4.78 is 5.63. The van der Waals surface area contributed by atoms with E-state index in [4.69, 9.17) is 4.74 Å². The second-order valence-electron chi connectivity index (χ2n) is 6.89. The number of carbonyl (C=O) groups excluding carboxylic acids is 2. The molecule has 3 unspecified atom stereocenters. The van der Waals surface area contributed by atoms with E-state index in [9.17, 15) is 9.59 Å². The van der Waals surface area contributed by atoms with E-state index >= 15 is 0 Å². The zero-order chi connectivity index (χ0) is 17.8. The normalized spacial score (nSPS) is 26.6. The summed E-state index contributed by atoms with van der Waals surface area (Å²) in [5.41, 5.74) is 0.748. The zero-order valence-electron chi connectivity index (χ0n) is 15.0. The van der Waals surface area contributed by atoms with Crippen LogP contribution in [0.15, 0.2) is 24.3 Å². The Bertz CT molecular complexity index is 634. The minimum absolute atomic E-state index is 0.0229. The molecule has 0 bridgehead atoms. The molecular weight excluding hydrogens is 318 g/mol. The molecule has 0 aliphatic carbocycles. The first-order valence-corrected chi connectivity index (χ1v) is 9.13. The molecule has 3 rings (SSSR count). The summed E-state index contributed by atoms with van der Waals surface area (Å²) in [7, 11) is 0. The predicted molar refractivity (Wildman–Crippen MR) is 96.7 cm³/mol. The van der Waals surface area contributed by atoms with Crippen LogP contribution in [0.4, 0.5) is 5.69 Å². The van der Waals surface area contributed by atoms with Crippen molar-refractivity contribution >= 4 is 17.5 Å². The first kappa shape index (κ1) is 17.7. The van der Waals surface area contributed by atoms with E-state index in [1.807, 2.05) is 31.2 Å². The van der Waals surface area contributed by atoms with E-state index in [0.29, 0.717) is 24.8 Å². The number of hydrogen-bond donors (Lipinski definition) is 2. The summed E-state index contributed by atoms with van der Waals surface area (Å²) in [6.07, 6.45) is 1.31. The number of anilines is 1. The van der Waals surface area contributed by atoms with Crippen LogP contribution in [0.25, 0.3) is 0 Å². The fourth-order valence-electron chi connectivity index (χ4n) is 3.56. The maximum Gasteiger partial charge on any atom is 0.227 e. The van der Waals surface area contributed by atoms with Crippen LogP contribution < -0.4 is 20.3 Å². The third-order valence-corrected chi connectivity index (χ3v) is 5.11. The molecule has 25 heavy (non-hydrogen) atoms. The van der Waals surface area contributed by atoms with Gasteiger partial charge in [0, 0.05) is 25.6 Å². The molecule has 6 heteroatoms. The fraction of sp³-hybridized carbons (Fsp3) is 0.579. The number of hydrogen-bond acceptors (Lipinski definition) is 4. The summed E-state index contributed by atoms with van der Waals surface area (Å²) in [5.74, 6) is 0.783. The average molecular weight is 345 g/mol. The van der Waals surface area contributed by atoms with Gasteiger partial charge in [0.15, 0.2) is 0 Å². The first-order valence-electron chi connectivity index (χ1n) is 9.13. The van der Waals surface area contributed by atoms with E-state index < -0.39 is 0 Å². The number of nitrogens with zero attached hydrogens (tertiary/aromatic N) is 1. The molecule has 1 aromatic rings. The molecule has 3 atom stereocenters. The molecule has 6 nitrogen and oxygen atoms in total. The van der Waals surface area contributed by atoms with E-state index in [2.05, 4.69) is 17.6 Å². The molecule has 1 aromatic carbocycles. The molecule has 136 valence electrons. The maximum absolute atomic E-state index is 12.6. The van der Waals surface area contributed by atoms with E-state index in [1.54, 1.807) is 4.90 Å². The third-order valence-electron chi connectivity index (χ3n) is 5.11. The molecular formula is C19H27N3O3. The van der Waals surface area contributed by atoms with Crippen LogP contribution in [-0.2, 0) is 9.59 Å². The summed E-state index contributed by atoms with van der Waals surface area (Å²) in [6, 6.07) is 7.64. The van der Waals surface area contributed by atoms with Crippen LogP contribution in [0.2, 0.25) is 0 Å². The minimum atomic E-state index is -0.309. The number of para-hydroxylation sites is 2. The number of amides is 2. The van der Waals surface area contributed by atoms with Crippen molar-refractivity contribution in [2.45, 2.75) is 32.7 Å². The predicted octanol–water partition coefficient (Wildman–Crippen LogP) is 1.55. The number of piperidine rings is 1. The van der Waals surface area contributed by atoms with Gasteiger partial charge in [0.05, 0.1) is 18.2 Å². The van der Waals surface area contributed by atoms with Gasteiger partial charge in [0.2, 0.25) is 11.8 Å². The van der Waals surface area contributed by atoms with Crippen molar-refractivity contribution in [2.75, 3.05) is 31.1 Å². The standard InChI is InChI=1S/C19H27N3O3/c1-3-25-17-7-5-4-6-16(17)22-12-14(10-18(22)23)19(24)21-15-11-20-9-8-13(15)2/h4-7,13-15,20H,3,8-12H2,1-2H3,(H,21,24). The largest absolute Gasteiger partial charge is 0.492 e. The van der Waals surface area contributed by atoms with Gasteiger partial charge < -0.3 is 20.3 Å². The Morgan fingerprint density at radius 1 is 1.40 bits per heavy atom. The van der Waals surface area contributed by atoms with Gasteiger partial charge in [-0.2, -0.15) is 0 Å². The Morgan fingerprint density at radius 3 is 2.96 bits per heavy atom. The van der Waals surface area contributed by atoms with Gasteiger partial charge in [-0.05, 0) is 37.9 Å². The molecule has 0 radical (unpaired) electrons. The average Bonchev–Trinajstić information content (AvgIpc) is 2.99. The van der Waals surface area contributed by atoms with Crippen LogP contribution in [0, 0.1) is 11.8 Å². The van der Waals surface area contributed by atoms with Crippen molar-refractivity contribution < 1.29 is 14.3 Å². The number of ether oxygens (including phenoxy) is 1. The number of benzene rings is 1. The Hall–Kier alpha value is -2.08. The smallest absolute Gasteiger partial charge is 0.227 e. The lowest BCUT2D eigenvalue weighted by atomic mass is 9.94. The molecule has 2 heterocycles. The van der Waals surface area contributed by atoms with Crippen LogP contribution >= 0.6 is 0 Å². The van der Waals surface area contributed by atoms with Crippen LogP contribution in [0.3, 0.4) is 0 Å². The van der Waals surface area contributed by atoms with Gasteiger partial charge in [-0.1, -0.05) is 19.1 Å². The molecule has 0 spiro atoms. The quantitative estimate of drug-likeness (QED) is 0.849. The van der Waals surface area contributed by atoms with Crippen molar-refractivity contribution in [1.82, 2.24) is 10.6 Å². The summed E-state index contributed by atoms with van der Waals surface area (Å²) >= 11 is 0. The van der Waals surface area contributed by atoms with E-state index in [1.165, 1.54) is 0 Å². The highest BCUT2D eigenvalue weighted by Crippen LogP contribution is 2.33. The summed E-state index contributed by atoms with van der Waals surface area (Å²) in [6.45, 7) is 6.81. The van der Waals surface area contributed by atoms with E-state index in [-0.39, 0.29) is 30.2 Å². The lowest BCUT2D eigenvalue weighted by Gasteiger charge is -2.31. The Labute approximate surface area is 148 Å². The number of nitrogens with one attached hydrogen (secondary N) is 2. The Balaban J connectivity index is 1.67. The number of carbonyl (C=O) groups is 2. The molecule has 2 N–H and O–H groups in total. The van der Waals surface area contributed by atoms with E-state index in [0.717, 1.165) is 25.2 Å². The fourth-order valence-corrected chi connectivity index (χ4v) is 3.56. The van der Waals surface area contributed by atoms with Crippen molar-refractivity contribution in [3.8, 4) is 5.75 Å². The first-order chi connectivity index (χ1) is 12.1. The molecule has 2 saturated heterocycles. The van der Waals surface area contributed by atoms with Crippen molar-refractivity contribution in [1.29, 1.82) is 0 Å². The SMILES string of the molecule is CCOc1ccccc1N1CC(C(=O)NC2CNCCC2C)CC1=O. The second kappa shape index (κ2) is 7.87. The van der Waals surface area contributed by atoms with Gasteiger partial charge in [-0.25, -0.2) is 0 Å². The van der Waals surface area contributed by atoms with Crippen molar-refractivity contribution in [2.24, 2.45) is 11.8 Å². The van der Waals surface area contributed by atoms with Gasteiger partial charge in [-0.3, -0.25) is 9.59 Å². The lowest BCUT2D eigenvalue weighted by Crippen LogP contribution is -2.51. The molecule has 2 fully saturated rings. The van der Waals surface area contributed by atoms with Crippen LogP contribution in [0.5, 0.6) is 5.75 Å². The van der Waals surface area contributed by atoms with Crippen molar-refractivity contribution in [3.05, 3.63) is 24.3 Å².